The maximum atomic E-state index is 14.0. The largest absolute Gasteiger partial charge is 0.442 e. The highest BCUT2D eigenvalue weighted by molar-refractivity contribution is 9.10. The summed E-state index contributed by atoms with van der Waals surface area (Å²) in [5.41, 5.74) is 0.0669. The van der Waals surface area contributed by atoms with Crippen molar-refractivity contribution in [1.29, 1.82) is 0 Å². The molecule has 0 saturated carbocycles. The van der Waals surface area contributed by atoms with Crippen LogP contribution in [0.3, 0.4) is 0 Å². The quantitative estimate of drug-likeness (QED) is 0.680. The van der Waals surface area contributed by atoms with E-state index in [2.05, 4.69) is 21.0 Å². The van der Waals surface area contributed by atoms with Gasteiger partial charge < -0.3 is 9.64 Å². The average Bonchev–Trinajstić information content (AvgIpc) is 2.63. The second-order valence-corrected chi connectivity index (χ2v) is 8.62. The molecular weight excluding hydrogens is 429 g/mol. The lowest BCUT2D eigenvalue weighted by Crippen LogP contribution is -2.38. The summed E-state index contributed by atoms with van der Waals surface area (Å²) < 4.78 is 20.2. The maximum Gasteiger partial charge on any atom is 0.438 e. The molecule has 0 amide bonds. The highest BCUT2D eigenvalue weighted by Gasteiger charge is 2.26. The van der Waals surface area contributed by atoms with E-state index in [1.807, 2.05) is 17.0 Å². The van der Waals surface area contributed by atoms with Crippen LogP contribution in [0.1, 0.15) is 45.1 Å². The van der Waals surface area contributed by atoms with E-state index in [0.717, 1.165) is 18.4 Å². The number of rotatable bonds is 2. The van der Waals surface area contributed by atoms with Crippen LogP contribution in [-0.4, -0.2) is 34.6 Å². The first-order valence-corrected chi connectivity index (χ1v) is 9.97. The van der Waals surface area contributed by atoms with E-state index in [1.54, 1.807) is 26.8 Å². The first-order valence-electron chi connectivity index (χ1n) is 9.18. The molecule has 0 unspecified atom stereocenters. The normalized spacial score (nSPS) is 15.5. The van der Waals surface area contributed by atoms with Gasteiger partial charge in [0.05, 0.1) is 11.9 Å². The van der Waals surface area contributed by atoms with Crippen molar-refractivity contribution in [3.63, 3.8) is 0 Å². The van der Waals surface area contributed by atoms with Gasteiger partial charge in [-0.2, -0.15) is 5.10 Å². The van der Waals surface area contributed by atoms with Crippen LogP contribution in [0.4, 0.5) is 14.9 Å². The van der Waals surface area contributed by atoms with E-state index in [4.69, 9.17) is 4.74 Å². The van der Waals surface area contributed by atoms with Crippen LogP contribution < -0.4 is 10.5 Å². The van der Waals surface area contributed by atoms with Crippen LogP contribution >= 0.6 is 15.9 Å². The Morgan fingerprint density at radius 1 is 1.25 bits per heavy atom. The number of halogens is 2. The molecule has 0 aliphatic carbocycles. The Labute approximate surface area is 171 Å². The number of piperidine rings is 1. The van der Waals surface area contributed by atoms with Crippen molar-refractivity contribution >= 4 is 27.7 Å². The summed E-state index contributed by atoms with van der Waals surface area (Å²) in [6.07, 6.45) is 2.20. The van der Waals surface area contributed by atoms with Crippen molar-refractivity contribution in [1.82, 2.24) is 9.78 Å². The molecule has 1 aromatic carbocycles. The van der Waals surface area contributed by atoms with Gasteiger partial charge in [-0.3, -0.25) is 4.79 Å². The Hall–Kier alpha value is -2.22. The van der Waals surface area contributed by atoms with Gasteiger partial charge >= 0.3 is 6.09 Å². The number of hydrogen-bond acceptors (Lipinski definition) is 5. The highest BCUT2D eigenvalue weighted by atomic mass is 79.9. The second-order valence-electron chi connectivity index (χ2n) is 7.82. The Kier molecular flexibility index (Phi) is 5.88. The molecule has 8 heteroatoms. The average molecular weight is 452 g/mol. The van der Waals surface area contributed by atoms with E-state index in [-0.39, 0.29) is 16.2 Å². The molecule has 6 nitrogen and oxygen atoms in total. The summed E-state index contributed by atoms with van der Waals surface area (Å²) in [6.45, 7) is 6.49. The van der Waals surface area contributed by atoms with Crippen molar-refractivity contribution in [2.75, 3.05) is 18.0 Å². The maximum absolute atomic E-state index is 14.0. The van der Waals surface area contributed by atoms with Crippen LogP contribution in [-0.2, 0) is 4.74 Å². The second kappa shape index (κ2) is 8.03. The molecule has 0 atom stereocenters. The zero-order valence-corrected chi connectivity index (χ0v) is 17.7. The van der Waals surface area contributed by atoms with E-state index in [0.29, 0.717) is 23.5 Å². The fourth-order valence-corrected chi connectivity index (χ4v) is 3.84. The molecule has 150 valence electrons. The lowest BCUT2D eigenvalue weighted by Gasteiger charge is -2.34. The number of hydrogen-bond donors (Lipinski definition) is 0. The lowest BCUT2D eigenvalue weighted by atomic mass is 9.89. The van der Waals surface area contributed by atoms with Gasteiger partial charge in [-0.15, -0.1) is 4.68 Å². The fraction of sp³-hybridized carbons (Fsp3) is 0.450. The van der Waals surface area contributed by atoms with Gasteiger partial charge in [-0.25, -0.2) is 9.18 Å². The zero-order chi connectivity index (χ0) is 20.5. The number of nitrogens with zero attached hydrogens (tertiary/aromatic N) is 3. The Morgan fingerprint density at radius 2 is 1.89 bits per heavy atom. The minimum atomic E-state index is -0.817. The number of anilines is 1. The predicted octanol–water partition coefficient (Wildman–Crippen LogP) is 4.31. The topological polar surface area (TPSA) is 64.4 Å². The standard InChI is InChI=1S/C20H23BrFN3O3/c1-20(2,3)28-19(27)25-18(26)17(21)16(12-23-25)24-10-8-13(9-11-24)14-6-4-5-7-15(14)22/h4-7,12-13H,8-11H2,1-3H3. The van der Waals surface area contributed by atoms with Crippen molar-refractivity contribution in [3.8, 4) is 0 Å². The van der Waals surface area contributed by atoms with Crippen LogP contribution in [0.25, 0.3) is 0 Å². The van der Waals surface area contributed by atoms with Crippen LogP contribution in [0.2, 0.25) is 0 Å². The zero-order valence-electron chi connectivity index (χ0n) is 16.1. The number of carbonyl (C=O) groups excluding carboxylic acids is 1. The van der Waals surface area contributed by atoms with Crippen molar-refractivity contribution in [3.05, 3.63) is 56.7 Å². The third-order valence-corrected chi connectivity index (χ3v) is 5.39. The summed E-state index contributed by atoms with van der Waals surface area (Å²) in [6, 6.07) is 6.85. The van der Waals surface area contributed by atoms with E-state index in [1.165, 1.54) is 12.3 Å². The molecule has 3 rings (SSSR count). The Balaban J connectivity index is 1.75. The fourth-order valence-electron chi connectivity index (χ4n) is 3.32. The molecule has 0 N–H and O–H groups in total. The minimum absolute atomic E-state index is 0.145. The molecule has 28 heavy (non-hydrogen) atoms. The Morgan fingerprint density at radius 3 is 2.50 bits per heavy atom. The van der Waals surface area contributed by atoms with Gasteiger partial charge in [0.25, 0.3) is 5.56 Å². The summed E-state index contributed by atoms with van der Waals surface area (Å²) in [5, 5.41) is 3.99. The molecule has 1 saturated heterocycles. The summed E-state index contributed by atoms with van der Waals surface area (Å²) in [5.74, 6) is -0.0323. The molecule has 0 radical (unpaired) electrons. The first kappa shape index (κ1) is 20.5. The first-order chi connectivity index (χ1) is 13.2. The summed E-state index contributed by atoms with van der Waals surface area (Å²) in [7, 11) is 0. The van der Waals surface area contributed by atoms with Crippen LogP contribution in [0.5, 0.6) is 0 Å². The molecular formula is C20H23BrFN3O3. The number of benzene rings is 1. The third kappa shape index (κ3) is 4.43. The smallest absolute Gasteiger partial charge is 0.438 e. The molecule has 1 aliphatic heterocycles. The van der Waals surface area contributed by atoms with Crippen LogP contribution in [0, 0.1) is 5.82 Å². The van der Waals surface area contributed by atoms with E-state index < -0.39 is 17.3 Å². The monoisotopic (exact) mass is 451 g/mol. The van der Waals surface area contributed by atoms with Gasteiger partial charge in [0.2, 0.25) is 0 Å². The van der Waals surface area contributed by atoms with Gasteiger partial charge in [-0.05, 0) is 67.1 Å². The van der Waals surface area contributed by atoms with Crippen LogP contribution in [0.15, 0.2) is 39.7 Å². The highest BCUT2D eigenvalue weighted by Crippen LogP contribution is 2.33. The number of carbonyl (C=O) groups is 1. The molecule has 1 aromatic heterocycles. The molecule has 1 fully saturated rings. The van der Waals surface area contributed by atoms with Gasteiger partial charge in [0.15, 0.2) is 0 Å². The van der Waals surface area contributed by atoms with Gasteiger partial charge in [0, 0.05) is 13.1 Å². The summed E-state index contributed by atoms with van der Waals surface area (Å²) >= 11 is 3.30. The van der Waals surface area contributed by atoms with E-state index in [9.17, 15) is 14.0 Å². The van der Waals surface area contributed by atoms with Crippen molar-refractivity contribution in [2.24, 2.45) is 0 Å². The molecule has 1 aliphatic rings. The lowest BCUT2D eigenvalue weighted by molar-refractivity contribution is 0.0505. The summed E-state index contributed by atoms with van der Waals surface area (Å²) in [4.78, 5) is 26.8. The minimum Gasteiger partial charge on any atom is -0.442 e. The van der Waals surface area contributed by atoms with Gasteiger partial charge in [0.1, 0.15) is 15.9 Å². The number of ether oxygens (including phenoxy) is 1. The molecule has 2 heterocycles. The SMILES string of the molecule is CC(C)(C)OC(=O)n1ncc(N2CCC(c3ccccc3F)CC2)c(Br)c1=O. The molecule has 0 bridgehead atoms. The third-order valence-electron chi connectivity index (χ3n) is 4.65. The molecule has 2 aromatic rings. The van der Waals surface area contributed by atoms with Crippen molar-refractivity contribution < 1.29 is 13.9 Å². The Bertz CT molecular complexity index is 931. The van der Waals surface area contributed by atoms with E-state index >= 15 is 0 Å². The molecule has 0 spiro atoms. The predicted molar refractivity (Wildman–Crippen MR) is 108 cm³/mol. The van der Waals surface area contributed by atoms with Gasteiger partial charge in [-0.1, -0.05) is 18.2 Å². The number of aromatic nitrogens is 2. The van der Waals surface area contributed by atoms with Crippen molar-refractivity contribution in [2.45, 2.75) is 45.1 Å².